The second-order valence-corrected chi connectivity index (χ2v) is 10.3. The van der Waals surface area contributed by atoms with E-state index in [0.717, 1.165) is 24.8 Å². The van der Waals surface area contributed by atoms with Crippen LogP contribution >= 0.6 is 22.9 Å². The molecule has 0 aliphatic carbocycles. The van der Waals surface area contributed by atoms with Crippen LogP contribution in [0.25, 0.3) is 0 Å². The summed E-state index contributed by atoms with van der Waals surface area (Å²) in [6, 6.07) is 5.98. The number of carbonyl (C=O) groups excluding carboxylic acids is 2. The third kappa shape index (κ3) is 5.03. The standard InChI is InChI=1S/C20H23ClN2O5S2/c1-13-8-11-29-18(13)20(25)28-14(2)19(24)22-17-12-15(6-7-16(17)21)30(26,27)23-9-4-3-5-10-23/h6-8,11-12,14H,3-5,9-10H2,1-2H3,(H,22,24). The summed E-state index contributed by atoms with van der Waals surface area (Å²) >= 11 is 7.40. The number of piperidine rings is 1. The molecule has 1 aromatic heterocycles. The molecule has 2 heterocycles. The van der Waals surface area contributed by atoms with Gasteiger partial charge in [-0.3, -0.25) is 4.79 Å². The molecule has 1 unspecified atom stereocenters. The zero-order chi connectivity index (χ0) is 21.9. The SMILES string of the molecule is Cc1ccsc1C(=O)OC(C)C(=O)Nc1cc(S(=O)(=O)N2CCCCC2)ccc1Cl. The first kappa shape index (κ1) is 22.7. The van der Waals surface area contributed by atoms with Crippen molar-refractivity contribution < 1.29 is 22.7 Å². The van der Waals surface area contributed by atoms with Crippen LogP contribution in [0.5, 0.6) is 0 Å². The van der Waals surface area contributed by atoms with Gasteiger partial charge in [-0.15, -0.1) is 11.3 Å². The van der Waals surface area contributed by atoms with Gasteiger partial charge in [0.25, 0.3) is 5.91 Å². The summed E-state index contributed by atoms with van der Waals surface area (Å²) in [6.07, 6.45) is 1.57. The van der Waals surface area contributed by atoms with E-state index in [-0.39, 0.29) is 15.6 Å². The van der Waals surface area contributed by atoms with Gasteiger partial charge in [0.1, 0.15) is 4.88 Å². The Bertz CT molecular complexity index is 1050. The third-order valence-electron chi connectivity index (χ3n) is 4.85. The molecular weight excluding hydrogens is 448 g/mol. The van der Waals surface area contributed by atoms with Crippen molar-refractivity contribution in [3.63, 3.8) is 0 Å². The lowest BCUT2D eigenvalue weighted by molar-refractivity contribution is -0.123. The van der Waals surface area contributed by atoms with Gasteiger partial charge in [0.05, 0.1) is 15.6 Å². The van der Waals surface area contributed by atoms with Crippen molar-refractivity contribution in [2.24, 2.45) is 0 Å². The summed E-state index contributed by atoms with van der Waals surface area (Å²) in [5.41, 5.74) is 0.922. The fourth-order valence-electron chi connectivity index (χ4n) is 3.10. The molecule has 1 saturated heterocycles. The normalized spacial score (nSPS) is 16.1. The van der Waals surface area contributed by atoms with Crippen LogP contribution in [0.2, 0.25) is 5.02 Å². The predicted octanol–water partition coefficient (Wildman–Crippen LogP) is 4.07. The smallest absolute Gasteiger partial charge is 0.349 e. The Hall–Kier alpha value is -1.94. The topological polar surface area (TPSA) is 92.8 Å². The highest BCUT2D eigenvalue weighted by Crippen LogP contribution is 2.28. The molecule has 1 fully saturated rings. The highest BCUT2D eigenvalue weighted by atomic mass is 35.5. The van der Waals surface area contributed by atoms with Crippen molar-refractivity contribution in [1.29, 1.82) is 0 Å². The number of amides is 1. The lowest BCUT2D eigenvalue weighted by Gasteiger charge is -2.26. The Labute approximate surface area is 185 Å². The molecule has 0 bridgehead atoms. The fourth-order valence-corrected chi connectivity index (χ4v) is 5.61. The fraction of sp³-hybridized carbons (Fsp3) is 0.400. The molecule has 3 rings (SSSR count). The Kier molecular flexibility index (Phi) is 7.18. The van der Waals surface area contributed by atoms with E-state index in [1.807, 2.05) is 0 Å². The van der Waals surface area contributed by atoms with Gasteiger partial charge in [0.2, 0.25) is 10.0 Å². The quantitative estimate of drug-likeness (QED) is 0.642. The van der Waals surface area contributed by atoms with E-state index in [0.29, 0.717) is 18.0 Å². The number of anilines is 1. The number of thiophene rings is 1. The van der Waals surface area contributed by atoms with Gasteiger partial charge in [-0.05, 0) is 61.9 Å². The number of esters is 1. The second kappa shape index (κ2) is 9.47. The Morgan fingerprint density at radius 3 is 2.53 bits per heavy atom. The van der Waals surface area contributed by atoms with Crippen LogP contribution in [0.15, 0.2) is 34.5 Å². The highest BCUT2D eigenvalue weighted by Gasteiger charge is 2.27. The highest BCUT2D eigenvalue weighted by molar-refractivity contribution is 7.89. The average molecular weight is 471 g/mol. The summed E-state index contributed by atoms with van der Waals surface area (Å²) in [4.78, 5) is 25.2. The largest absolute Gasteiger partial charge is 0.448 e. The monoisotopic (exact) mass is 470 g/mol. The molecule has 0 spiro atoms. The number of sulfonamides is 1. The Balaban J connectivity index is 1.72. The van der Waals surface area contributed by atoms with Gasteiger partial charge in [0.15, 0.2) is 6.10 Å². The van der Waals surface area contributed by atoms with Crippen LogP contribution in [-0.2, 0) is 19.6 Å². The van der Waals surface area contributed by atoms with Crippen LogP contribution in [0, 0.1) is 6.92 Å². The van der Waals surface area contributed by atoms with Gasteiger partial charge in [-0.25, -0.2) is 13.2 Å². The van der Waals surface area contributed by atoms with Gasteiger partial charge in [-0.2, -0.15) is 4.31 Å². The summed E-state index contributed by atoms with van der Waals surface area (Å²) in [5, 5.41) is 4.52. The minimum Gasteiger partial charge on any atom is -0.448 e. The predicted molar refractivity (Wildman–Crippen MR) is 117 cm³/mol. The lowest BCUT2D eigenvalue weighted by Crippen LogP contribution is -2.35. The van der Waals surface area contributed by atoms with E-state index < -0.39 is 28.0 Å². The van der Waals surface area contributed by atoms with Crippen molar-refractivity contribution in [2.45, 2.75) is 44.1 Å². The van der Waals surface area contributed by atoms with Gasteiger partial charge in [0, 0.05) is 13.1 Å². The van der Waals surface area contributed by atoms with Gasteiger partial charge >= 0.3 is 5.97 Å². The number of rotatable bonds is 6. The number of nitrogens with zero attached hydrogens (tertiary/aromatic N) is 1. The molecule has 30 heavy (non-hydrogen) atoms. The number of hydrogen-bond acceptors (Lipinski definition) is 6. The Morgan fingerprint density at radius 1 is 1.20 bits per heavy atom. The number of halogens is 1. The van der Waals surface area contributed by atoms with Crippen LogP contribution in [0.1, 0.15) is 41.4 Å². The number of ether oxygens (including phenoxy) is 1. The molecule has 2 aromatic rings. The zero-order valence-corrected chi connectivity index (χ0v) is 19.1. The van der Waals surface area contributed by atoms with Gasteiger partial charge in [-0.1, -0.05) is 18.0 Å². The Morgan fingerprint density at radius 2 is 1.90 bits per heavy atom. The summed E-state index contributed by atoms with van der Waals surface area (Å²) < 4.78 is 32.4. The molecule has 0 radical (unpaired) electrons. The number of benzene rings is 1. The maximum absolute atomic E-state index is 12.9. The van der Waals surface area contributed by atoms with E-state index in [2.05, 4.69) is 5.32 Å². The van der Waals surface area contributed by atoms with Crippen LogP contribution in [-0.4, -0.2) is 43.8 Å². The molecule has 1 aromatic carbocycles. The first-order valence-corrected chi connectivity index (χ1v) is 12.3. The lowest BCUT2D eigenvalue weighted by atomic mass is 10.2. The number of nitrogens with one attached hydrogen (secondary N) is 1. The van der Waals surface area contributed by atoms with Crippen LogP contribution < -0.4 is 5.32 Å². The van der Waals surface area contributed by atoms with E-state index in [4.69, 9.17) is 16.3 Å². The first-order valence-electron chi connectivity index (χ1n) is 9.56. The second-order valence-electron chi connectivity index (χ2n) is 7.08. The van der Waals surface area contributed by atoms with Crippen molar-refractivity contribution in [2.75, 3.05) is 18.4 Å². The van der Waals surface area contributed by atoms with Crippen molar-refractivity contribution in [1.82, 2.24) is 4.31 Å². The molecule has 1 atom stereocenters. The van der Waals surface area contributed by atoms with Gasteiger partial charge < -0.3 is 10.1 Å². The number of carbonyl (C=O) groups is 2. The average Bonchev–Trinajstić information content (AvgIpc) is 3.16. The van der Waals surface area contributed by atoms with Crippen LogP contribution in [0.4, 0.5) is 5.69 Å². The van der Waals surface area contributed by atoms with E-state index >= 15 is 0 Å². The number of aryl methyl sites for hydroxylation is 1. The number of hydrogen-bond donors (Lipinski definition) is 1. The first-order chi connectivity index (χ1) is 14.2. The molecule has 1 amide bonds. The zero-order valence-electron chi connectivity index (χ0n) is 16.7. The molecule has 1 aliphatic heterocycles. The van der Waals surface area contributed by atoms with E-state index in [9.17, 15) is 18.0 Å². The summed E-state index contributed by atoms with van der Waals surface area (Å²) in [5.74, 6) is -1.19. The van der Waals surface area contributed by atoms with Crippen molar-refractivity contribution in [3.8, 4) is 0 Å². The minimum atomic E-state index is -3.67. The molecule has 10 heteroatoms. The molecule has 7 nitrogen and oxygen atoms in total. The summed E-state index contributed by atoms with van der Waals surface area (Å²) in [6.45, 7) is 4.17. The van der Waals surface area contributed by atoms with Crippen LogP contribution in [0.3, 0.4) is 0 Å². The molecule has 162 valence electrons. The molecular formula is C20H23ClN2O5S2. The molecule has 1 N–H and O–H groups in total. The maximum atomic E-state index is 12.9. The van der Waals surface area contributed by atoms with E-state index in [1.54, 1.807) is 18.4 Å². The third-order valence-corrected chi connectivity index (χ3v) is 8.07. The van der Waals surface area contributed by atoms with Crippen molar-refractivity contribution in [3.05, 3.63) is 45.1 Å². The minimum absolute atomic E-state index is 0.0583. The van der Waals surface area contributed by atoms with E-state index in [1.165, 1.54) is 40.8 Å². The summed E-state index contributed by atoms with van der Waals surface area (Å²) in [7, 11) is -3.67. The molecule has 0 saturated carbocycles. The van der Waals surface area contributed by atoms with Crippen molar-refractivity contribution >= 4 is 50.5 Å². The maximum Gasteiger partial charge on any atom is 0.349 e. The molecule has 1 aliphatic rings.